The summed E-state index contributed by atoms with van der Waals surface area (Å²) in [5.74, 6) is -0.933. The number of methoxy groups -OCH3 is 2. The summed E-state index contributed by atoms with van der Waals surface area (Å²) in [7, 11) is 3.09. The lowest BCUT2D eigenvalue weighted by molar-refractivity contribution is -0.286. The van der Waals surface area contributed by atoms with Crippen molar-refractivity contribution in [2.75, 3.05) is 21.0 Å². The Morgan fingerprint density at radius 3 is 2.41 bits per heavy atom. The van der Waals surface area contributed by atoms with E-state index in [1.165, 1.54) is 13.2 Å². The molecule has 1 aliphatic rings. The second kappa shape index (κ2) is 15.5. The number of thiocarbonyl (C=S) groups is 1. The molecule has 1 saturated heterocycles. The number of hydrogen-bond acceptors (Lipinski definition) is 8. The minimum Gasteiger partial charge on any atom is -0.499 e. The summed E-state index contributed by atoms with van der Waals surface area (Å²) in [4.78, 5) is 13.2. The second-order valence-corrected chi connectivity index (χ2v) is 11.1. The van der Waals surface area contributed by atoms with Crippen LogP contribution in [0.25, 0.3) is 0 Å². The van der Waals surface area contributed by atoms with Crippen molar-refractivity contribution in [2.24, 2.45) is 5.41 Å². The first kappa shape index (κ1) is 32.8. The van der Waals surface area contributed by atoms with E-state index in [-0.39, 0.29) is 42.4 Å². The van der Waals surface area contributed by atoms with Gasteiger partial charge < -0.3 is 33.5 Å². The molecule has 224 valence electrons. The van der Waals surface area contributed by atoms with Gasteiger partial charge in [-0.15, -0.1) is 0 Å². The molecule has 41 heavy (non-hydrogen) atoms. The van der Waals surface area contributed by atoms with Gasteiger partial charge in [-0.05, 0) is 54.9 Å². The van der Waals surface area contributed by atoms with E-state index >= 15 is 0 Å². The van der Waals surface area contributed by atoms with Crippen molar-refractivity contribution in [1.29, 1.82) is 0 Å². The molecule has 3 rings (SSSR count). The fourth-order valence-electron chi connectivity index (χ4n) is 4.88. The van der Waals surface area contributed by atoms with Crippen LogP contribution in [0.4, 0.5) is 0 Å². The topological polar surface area (TPSA) is 92.7 Å². The summed E-state index contributed by atoms with van der Waals surface area (Å²) in [5.41, 5.74) is 1.14. The van der Waals surface area contributed by atoms with Crippen molar-refractivity contribution in [3.05, 3.63) is 77.9 Å². The van der Waals surface area contributed by atoms with Crippen molar-refractivity contribution in [1.82, 2.24) is 0 Å². The lowest BCUT2D eigenvalue weighted by Crippen LogP contribution is -2.59. The summed E-state index contributed by atoms with van der Waals surface area (Å²) in [5, 5.41) is 9.25. The van der Waals surface area contributed by atoms with Crippen LogP contribution in [0.5, 0.6) is 5.75 Å². The predicted octanol–water partition coefficient (Wildman–Crippen LogP) is 6.11. The Morgan fingerprint density at radius 2 is 1.78 bits per heavy atom. The maximum atomic E-state index is 13.2. The van der Waals surface area contributed by atoms with Crippen LogP contribution in [0.3, 0.4) is 0 Å². The van der Waals surface area contributed by atoms with Crippen LogP contribution in [-0.2, 0) is 41.7 Å². The van der Waals surface area contributed by atoms with Crippen molar-refractivity contribution in [3.63, 3.8) is 0 Å². The van der Waals surface area contributed by atoms with Gasteiger partial charge in [0, 0.05) is 25.4 Å². The lowest BCUT2D eigenvalue weighted by Gasteiger charge is -2.47. The van der Waals surface area contributed by atoms with Gasteiger partial charge in [0.1, 0.15) is 12.5 Å². The minimum absolute atomic E-state index is 0.101. The SMILES string of the molecule is COc1ccc(CO[C@H](C[C@@H]2CCC(=O)[C@@](OC)(C(C)(C)C=CC(O)=S)O2)[C@@H](C)OCOCc2ccccc2)cc1. The number of hydrogen-bond donors (Lipinski definition) is 1. The maximum absolute atomic E-state index is 13.2. The molecule has 9 heteroatoms. The summed E-state index contributed by atoms with van der Waals surface area (Å²) in [6, 6.07) is 17.6. The van der Waals surface area contributed by atoms with Crippen LogP contribution in [-0.4, -0.2) is 61.1 Å². The van der Waals surface area contributed by atoms with Gasteiger partial charge in [0.2, 0.25) is 5.79 Å². The van der Waals surface area contributed by atoms with Gasteiger partial charge in [0.05, 0.1) is 38.6 Å². The van der Waals surface area contributed by atoms with Crippen LogP contribution < -0.4 is 4.74 Å². The van der Waals surface area contributed by atoms with Crippen LogP contribution in [0, 0.1) is 5.41 Å². The normalized spacial score (nSPS) is 21.1. The molecule has 4 atom stereocenters. The third kappa shape index (κ3) is 9.16. The molecule has 0 aromatic heterocycles. The number of Topliss-reactive ketones (excluding diaryl/α,β-unsaturated/α-hetero) is 1. The van der Waals surface area contributed by atoms with Gasteiger partial charge in [-0.3, -0.25) is 4.79 Å². The molecule has 0 amide bonds. The van der Waals surface area contributed by atoms with E-state index in [1.54, 1.807) is 13.2 Å². The number of aliphatic hydroxyl groups excluding tert-OH is 1. The molecule has 1 N–H and O–H groups in total. The summed E-state index contributed by atoms with van der Waals surface area (Å²) < 4.78 is 35.7. The van der Waals surface area contributed by atoms with Gasteiger partial charge in [-0.25, -0.2) is 0 Å². The molecule has 0 unspecified atom stereocenters. The number of carbonyl (C=O) groups is 1. The van der Waals surface area contributed by atoms with Gasteiger partial charge in [0.25, 0.3) is 0 Å². The fourth-order valence-corrected chi connectivity index (χ4v) is 4.95. The van der Waals surface area contributed by atoms with Crippen molar-refractivity contribution in [2.45, 2.75) is 77.3 Å². The van der Waals surface area contributed by atoms with E-state index in [4.69, 9.17) is 40.6 Å². The van der Waals surface area contributed by atoms with Crippen molar-refractivity contribution < 1.29 is 38.3 Å². The monoisotopic (exact) mass is 586 g/mol. The minimum atomic E-state index is -1.54. The van der Waals surface area contributed by atoms with Crippen LogP contribution in [0.15, 0.2) is 66.7 Å². The fraction of sp³-hybridized carbons (Fsp3) is 0.500. The second-order valence-electron chi connectivity index (χ2n) is 10.7. The molecule has 1 fully saturated rings. The number of aliphatic hydroxyl groups is 1. The Labute approximate surface area is 248 Å². The molecule has 0 aliphatic carbocycles. The van der Waals surface area contributed by atoms with Crippen LogP contribution in [0.2, 0.25) is 0 Å². The highest BCUT2D eigenvalue weighted by molar-refractivity contribution is 7.80. The molecule has 0 bridgehead atoms. The molecular formula is C32H42O8S. The van der Waals surface area contributed by atoms with Crippen molar-refractivity contribution in [3.8, 4) is 5.75 Å². The first-order valence-electron chi connectivity index (χ1n) is 13.8. The number of ether oxygens (including phenoxy) is 6. The Hall–Kier alpha value is -2.66. The first-order chi connectivity index (χ1) is 19.6. The highest BCUT2D eigenvalue weighted by Crippen LogP contribution is 2.43. The zero-order chi connectivity index (χ0) is 29.9. The zero-order valence-electron chi connectivity index (χ0n) is 24.5. The molecule has 0 spiro atoms. The average molecular weight is 587 g/mol. The highest BCUT2D eigenvalue weighted by atomic mass is 32.1. The van der Waals surface area contributed by atoms with Gasteiger partial charge in [-0.1, -0.05) is 62.4 Å². The van der Waals surface area contributed by atoms with Gasteiger partial charge >= 0.3 is 0 Å². The third-order valence-electron chi connectivity index (χ3n) is 7.34. The molecule has 0 radical (unpaired) electrons. The van der Waals surface area contributed by atoms with Crippen LogP contribution in [0.1, 0.15) is 51.2 Å². The van der Waals surface area contributed by atoms with Gasteiger partial charge in [0.15, 0.2) is 10.8 Å². The van der Waals surface area contributed by atoms with Gasteiger partial charge in [-0.2, -0.15) is 0 Å². The Morgan fingerprint density at radius 1 is 1.10 bits per heavy atom. The number of rotatable bonds is 16. The van der Waals surface area contributed by atoms with E-state index in [0.717, 1.165) is 16.9 Å². The van der Waals surface area contributed by atoms with E-state index in [0.29, 0.717) is 26.1 Å². The van der Waals surface area contributed by atoms with Crippen molar-refractivity contribution >= 4 is 23.1 Å². The molecule has 0 saturated carbocycles. The lowest BCUT2D eigenvalue weighted by atomic mass is 9.77. The Balaban J connectivity index is 1.71. The zero-order valence-corrected chi connectivity index (χ0v) is 25.4. The molecular weight excluding hydrogens is 544 g/mol. The molecule has 1 heterocycles. The van der Waals surface area contributed by atoms with E-state index < -0.39 is 11.2 Å². The van der Waals surface area contributed by atoms with E-state index in [9.17, 15) is 9.90 Å². The quantitative estimate of drug-likeness (QED) is 0.108. The molecule has 8 nitrogen and oxygen atoms in total. The summed E-state index contributed by atoms with van der Waals surface area (Å²) in [6.07, 6.45) is 3.23. The highest BCUT2D eigenvalue weighted by Gasteiger charge is 2.55. The molecule has 1 aliphatic heterocycles. The standard InChI is InChI=1S/C32H42O8S/c1-23(39-22-37-20-24-9-7-6-8-10-24)28(38-21-25-11-13-26(35-4)14-12-25)19-27-15-16-29(33)32(36-5,40-27)31(2,3)18-17-30(34)41/h6-14,17-18,23,27-28H,15-16,19-22H2,1-5H3,(H,34,41)/t23-,27+,28-,32+/m1/s1. The average Bonchev–Trinajstić information content (AvgIpc) is 2.97. The summed E-state index contributed by atoms with van der Waals surface area (Å²) >= 11 is 4.79. The smallest absolute Gasteiger partial charge is 0.237 e. The molecule has 2 aromatic carbocycles. The summed E-state index contributed by atoms with van der Waals surface area (Å²) in [6.45, 7) is 6.48. The van der Waals surface area contributed by atoms with Crippen LogP contribution >= 0.6 is 12.2 Å². The van der Waals surface area contributed by atoms with E-state index in [2.05, 4.69) is 0 Å². The predicted molar refractivity (Wildman–Crippen MR) is 160 cm³/mol. The molecule has 2 aromatic rings. The third-order valence-corrected chi connectivity index (χ3v) is 7.48. The Bertz CT molecular complexity index is 1130. The maximum Gasteiger partial charge on any atom is 0.237 e. The van der Waals surface area contributed by atoms with E-state index in [1.807, 2.05) is 75.4 Å². The first-order valence-corrected chi connectivity index (χ1v) is 14.2. The number of benzene rings is 2. The number of carbonyl (C=O) groups excluding carboxylic acids is 1. The largest absolute Gasteiger partial charge is 0.499 e. The number of ketones is 1. The Kier molecular flexibility index (Phi) is 12.4.